The summed E-state index contributed by atoms with van der Waals surface area (Å²) in [6, 6.07) is 0.941. The zero-order chi connectivity index (χ0) is 13.4. The molecule has 0 saturated carbocycles. The van der Waals surface area contributed by atoms with Gasteiger partial charge >= 0.3 is 0 Å². The van der Waals surface area contributed by atoms with Gasteiger partial charge in [-0.2, -0.15) is 9.97 Å². The van der Waals surface area contributed by atoms with Crippen LogP contribution in [-0.4, -0.2) is 37.0 Å². The summed E-state index contributed by atoms with van der Waals surface area (Å²) in [5.74, 6) is 0.931. The van der Waals surface area contributed by atoms with E-state index in [1.807, 2.05) is 0 Å². The topological polar surface area (TPSA) is 95.8 Å². The summed E-state index contributed by atoms with van der Waals surface area (Å²) in [7, 11) is 0. The Morgan fingerprint density at radius 3 is 2.79 bits per heavy atom. The van der Waals surface area contributed by atoms with Crippen LogP contribution in [-0.2, 0) is 0 Å². The van der Waals surface area contributed by atoms with Crippen molar-refractivity contribution in [1.29, 1.82) is 0 Å². The Labute approximate surface area is 111 Å². The number of aromatic nitrogens is 4. The largest absolute Gasteiger partial charge is 0.368 e. The summed E-state index contributed by atoms with van der Waals surface area (Å²) in [6.45, 7) is 4.44. The summed E-state index contributed by atoms with van der Waals surface area (Å²) < 4.78 is 0. The number of nitrogen functional groups attached to an aromatic ring is 1. The molecule has 102 valence electrons. The minimum Gasteiger partial charge on any atom is -0.368 e. The van der Waals surface area contributed by atoms with Crippen molar-refractivity contribution >= 4 is 22.9 Å². The van der Waals surface area contributed by atoms with Gasteiger partial charge in [-0.25, -0.2) is 9.99 Å². The van der Waals surface area contributed by atoms with E-state index < -0.39 is 0 Å². The molecule has 2 aromatic heterocycles. The highest BCUT2D eigenvalue weighted by Crippen LogP contribution is 2.25. The number of imidazole rings is 1. The quantitative estimate of drug-likeness (QED) is 0.758. The third-order valence-electron chi connectivity index (χ3n) is 3.73. The molecule has 2 atom stereocenters. The van der Waals surface area contributed by atoms with Crippen molar-refractivity contribution < 1.29 is 0 Å². The standard InChI is InChI=1S/C12H19N7/c1-7-4-3-5-8(2)19(7)18-11-9-10(15-6-14-9)16-12(13)17-11/h6-8H,3-5H2,1-2H3,(H4,13,14,15,16,17,18). The first-order chi connectivity index (χ1) is 9.15. The summed E-state index contributed by atoms with van der Waals surface area (Å²) in [5, 5.41) is 2.24. The Morgan fingerprint density at radius 1 is 1.32 bits per heavy atom. The lowest BCUT2D eigenvalue weighted by Gasteiger charge is -2.39. The van der Waals surface area contributed by atoms with Crippen molar-refractivity contribution in [1.82, 2.24) is 24.9 Å². The van der Waals surface area contributed by atoms with Gasteiger partial charge in [-0.15, -0.1) is 0 Å². The van der Waals surface area contributed by atoms with E-state index in [0.717, 1.165) is 5.52 Å². The number of nitrogens with one attached hydrogen (secondary N) is 2. The van der Waals surface area contributed by atoms with Gasteiger partial charge in [0.05, 0.1) is 6.33 Å². The summed E-state index contributed by atoms with van der Waals surface area (Å²) in [4.78, 5) is 15.6. The second kappa shape index (κ2) is 4.65. The van der Waals surface area contributed by atoms with E-state index in [1.165, 1.54) is 19.3 Å². The first-order valence-electron chi connectivity index (χ1n) is 6.66. The van der Waals surface area contributed by atoms with Crippen LogP contribution in [0.2, 0.25) is 0 Å². The fraction of sp³-hybridized carbons (Fsp3) is 0.583. The van der Waals surface area contributed by atoms with Gasteiger partial charge in [-0.3, -0.25) is 0 Å². The van der Waals surface area contributed by atoms with Crippen LogP contribution in [0.25, 0.3) is 11.2 Å². The van der Waals surface area contributed by atoms with Crippen molar-refractivity contribution in [3.8, 4) is 0 Å². The Bertz CT molecular complexity index is 568. The summed E-state index contributed by atoms with van der Waals surface area (Å²) in [6.07, 6.45) is 5.24. The molecule has 1 aliphatic heterocycles. The number of hydrogen-bond donors (Lipinski definition) is 3. The molecule has 3 heterocycles. The Hall–Kier alpha value is -1.89. The second-order valence-electron chi connectivity index (χ2n) is 5.18. The third-order valence-corrected chi connectivity index (χ3v) is 3.73. The van der Waals surface area contributed by atoms with E-state index in [-0.39, 0.29) is 5.95 Å². The molecule has 19 heavy (non-hydrogen) atoms. The molecule has 0 bridgehead atoms. The number of rotatable bonds is 2. The molecule has 1 fully saturated rings. The van der Waals surface area contributed by atoms with Crippen LogP contribution < -0.4 is 11.2 Å². The van der Waals surface area contributed by atoms with Crippen LogP contribution in [0.4, 0.5) is 11.8 Å². The zero-order valence-electron chi connectivity index (χ0n) is 11.2. The molecule has 1 saturated heterocycles. The molecular formula is C12H19N7. The molecule has 2 aromatic rings. The van der Waals surface area contributed by atoms with Crippen molar-refractivity contribution in [3.05, 3.63) is 6.33 Å². The summed E-state index contributed by atoms with van der Waals surface area (Å²) in [5.41, 5.74) is 10.5. The predicted molar refractivity (Wildman–Crippen MR) is 74.3 cm³/mol. The minimum absolute atomic E-state index is 0.236. The molecule has 2 unspecified atom stereocenters. The molecule has 0 radical (unpaired) electrons. The van der Waals surface area contributed by atoms with Crippen LogP contribution in [0.3, 0.4) is 0 Å². The van der Waals surface area contributed by atoms with Gasteiger partial charge in [-0.1, -0.05) is 6.42 Å². The van der Waals surface area contributed by atoms with E-state index in [0.29, 0.717) is 23.5 Å². The van der Waals surface area contributed by atoms with Crippen LogP contribution in [0.5, 0.6) is 0 Å². The maximum atomic E-state index is 5.72. The number of piperidine rings is 1. The molecule has 0 spiro atoms. The molecule has 7 heteroatoms. The monoisotopic (exact) mass is 261 g/mol. The molecule has 3 rings (SSSR count). The third kappa shape index (κ3) is 2.21. The zero-order valence-corrected chi connectivity index (χ0v) is 11.2. The number of nitrogens with two attached hydrogens (primary N) is 1. The van der Waals surface area contributed by atoms with Gasteiger partial charge in [-0.05, 0) is 26.7 Å². The number of hydrogen-bond acceptors (Lipinski definition) is 6. The number of aromatic amines is 1. The van der Waals surface area contributed by atoms with E-state index in [9.17, 15) is 0 Å². The average molecular weight is 261 g/mol. The van der Waals surface area contributed by atoms with Crippen molar-refractivity contribution in [2.45, 2.75) is 45.2 Å². The van der Waals surface area contributed by atoms with Crippen molar-refractivity contribution in [2.24, 2.45) is 0 Å². The second-order valence-corrected chi connectivity index (χ2v) is 5.18. The Balaban J connectivity index is 1.93. The van der Waals surface area contributed by atoms with E-state index in [4.69, 9.17) is 5.73 Å². The van der Waals surface area contributed by atoms with Crippen LogP contribution in [0.15, 0.2) is 6.33 Å². The fourth-order valence-corrected chi connectivity index (χ4v) is 2.69. The van der Waals surface area contributed by atoms with E-state index in [1.54, 1.807) is 6.33 Å². The Morgan fingerprint density at radius 2 is 2.05 bits per heavy atom. The lowest BCUT2D eigenvalue weighted by atomic mass is 10.00. The fourth-order valence-electron chi connectivity index (χ4n) is 2.69. The molecule has 7 nitrogen and oxygen atoms in total. The van der Waals surface area contributed by atoms with Gasteiger partial charge in [0.15, 0.2) is 11.5 Å². The first kappa shape index (κ1) is 12.2. The molecule has 0 amide bonds. The lowest BCUT2D eigenvalue weighted by molar-refractivity contribution is 0.135. The van der Waals surface area contributed by atoms with Gasteiger partial charge in [0, 0.05) is 12.1 Å². The SMILES string of the molecule is CC1CCCC(C)N1Nc1nc(N)nc2nc[nH]c12. The average Bonchev–Trinajstić information content (AvgIpc) is 2.81. The van der Waals surface area contributed by atoms with Crippen molar-refractivity contribution in [2.75, 3.05) is 11.2 Å². The minimum atomic E-state index is 0.236. The van der Waals surface area contributed by atoms with Crippen LogP contribution in [0.1, 0.15) is 33.1 Å². The normalized spacial score (nSPS) is 24.7. The highest BCUT2D eigenvalue weighted by Gasteiger charge is 2.25. The maximum absolute atomic E-state index is 5.72. The smallest absolute Gasteiger partial charge is 0.224 e. The van der Waals surface area contributed by atoms with Gasteiger partial charge < -0.3 is 16.1 Å². The predicted octanol–water partition coefficient (Wildman–Crippen LogP) is 1.52. The number of anilines is 2. The molecule has 0 aromatic carbocycles. The number of H-pyrrole nitrogens is 1. The highest BCUT2D eigenvalue weighted by atomic mass is 15.5. The highest BCUT2D eigenvalue weighted by molar-refractivity contribution is 5.83. The van der Waals surface area contributed by atoms with Crippen LogP contribution in [0, 0.1) is 0 Å². The Kier molecular flexibility index (Phi) is 2.98. The molecule has 4 N–H and O–H groups in total. The summed E-state index contributed by atoms with van der Waals surface area (Å²) >= 11 is 0. The number of hydrazine groups is 1. The van der Waals surface area contributed by atoms with Gasteiger partial charge in [0.2, 0.25) is 5.95 Å². The lowest BCUT2D eigenvalue weighted by Crippen LogP contribution is -2.47. The van der Waals surface area contributed by atoms with E-state index >= 15 is 0 Å². The maximum Gasteiger partial charge on any atom is 0.224 e. The molecule has 0 aliphatic carbocycles. The molecule has 1 aliphatic rings. The molecular weight excluding hydrogens is 242 g/mol. The van der Waals surface area contributed by atoms with Crippen molar-refractivity contribution in [3.63, 3.8) is 0 Å². The number of fused-ring (bicyclic) bond motifs is 1. The first-order valence-corrected chi connectivity index (χ1v) is 6.66. The van der Waals surface area contributed by atoms with Crippen LogP contribution >= 0.6 is 0 Å². The number of nitrogens with zero attached hydrogens (tertiary/aromatic N) is 4. The van der Waals surface area contributed by atoms with Gasteiger partial charge in [0.1, 0.15) is 5.52 Å². The van der Waals surface area contributed by atoms with E-state index in [2.05, 4.69) is 44.2 Å². The van der Waals surface area contributed by atoms with Gasteiger partial charge in [0.25, 0.3) is 0 Å².